The van der Waals surface area contributed by atoms with Crippen molar-refractivity contribution in [3.8, 4) is 0 Å². The second-order valence-corrected chi connectivity index (χ2v) is 1.72. The van der Waals surface area contributed by atoms with Gasteiger partial charge in [0.25, 0.3) is 5.56 Å². The average molecular weight is 128 g/mol. The molecule has 1 aromatic heterocycles. The Labute approximate surface area is 51.8 Å². The van der Waals surface area contributed by atoms with E-state index in [1.807, 2.05) is 0 Å². The Morgan fingerprint density at radius 1 is 1.89 bits per heavy atom. The lowest BCUT2D eigenvalue weighted by Crippen LogP contribution is -2.13. The molecule has 0 radical (unpaired) electrons. The molecule has 0 aromatic carbocycles. The molecule has 0 aliphatic heterocycles. The van der Waals surface area contributed by atoms with Crippen LogP contribution in [-0.4, -0.2) is 12.2 Å². The fourth-order valence-electron chi connectivity index (χ4n) is 0.586. The molecular weight excluding hydrogens is 120 g/mol. The van der Waals surface area contributed by atoms with Crippen LogP contribution in [0, 0.1) is 0 Å². The molecule has 0 saturated heterocycles. The highest BCUT2D eigenvalue weighted by atomic mass is 16.5. The van der Waals surface area contributed by atoms with E-state index in [0.717, 1.165) is 0 Å². The molecule has 4 nitrogen and oxygen atoms in total. The summed E-state index contributed by atoms with van der Waals surface area (Å²) in [5.74, 6) is 0. The van der Waals surface area contributed by atoms with Gasteiger partial charge in [-0.15, -0.1) is 0 Å². The maximum atomic E-state index is 10.6. The fraction of sp³-hybridized carbons (Fsp3) is 0.400. The van der Waals surface area contributed by atoms with E-state index in [0.29, 0.717) is 12.1 Å². The highest BCUT2D eigenvalue weighted by molar-refractivity contribution is 4.99. The van der Waals surface area contributed by atoms with E-state index in [1.165, 1.54) is 6.26 Å². The number of hydrogen-bond acceptors (Lipinski definition) is 3. The Bertz CT molecular complexity index is 225. The van der Waals surface area contributed by atoms with Gasteiger partial charge in [-0.05, 0) is 7.05 Å². The van der Waals surface area contributed by atoms with Gasteiger partial charge in [-0.3, -0.25) is 4.79 Å². The number of H-pyrrole nitrogens is 1. The first-order chi connectivity index (χ1) is 4.34. The molecule has 0 aliphatic carbocycles. The van der Waals surface area contributed by atoms with Crippen molar-refractivity contribution in [3.05, 3.63) is 22.2 Å². The quantitative estimate of drug-likeness (QED) is 0.574. The van der Waals surface area contributed by atoms with E-state index in [4.69, 9.17) is 0 Å². The van der Waals surface area contributed by atoms with Crippen LogP contribution in [0.25, 0.3) is 0 Å². The molecule has 2 N–H and O–H groups in total. The van der Waals surface area contributed by atoms with Gasteiger partial charge in [0.2, 0.25) is 0 Å². The largest absolute Gasteiger partial charge is 0.387 e. The molecule has 0 saturated carbocycles. The lowest BCUT2D eigenvalue weighted by Gasteiger charge is -1.86. The van der Waals surface area contributed by atoms with Crippen LogP contribution in [0.4, 0.5) is 0 Å². The van der Waals surface area contributed by atoms with Crippen molar-refractivity contribution < 1.29 is 4.52 Å². The first kappa shape index (κ1) is 6.10. The Balaban J connectivity index is 2.81. The minimum absolute atomic E-state index is 0.163. The molecule has 0 spiro atoms. The van der Waals surface area contributed by atoms with Gasteiger partial charge in [-0.2, -0.15) is 5.16 Å². The molecular formula is C5H8N2O2. The van der Waals surface area contributed by atoms with Crippen LogP contribution in [0.5, 0.6) is 0 Å². The Morgan fingerprint density at radius 3 is 3.11 bits per heavy atom. The zero-order chi connectivity index (χ0) is 6.69. The molecule has 1 heterocycles. The van der Waals surface area contributed by atoms with Crippen LogP contribution in [0.1, 0.15) is 5.56 Å². The Kier molecular flexibility index (Phi) is 1.69. The van der Waals surface area contributed by atoms with Gasteiger partial charge in [0.1, 0.15) is 6.26 Å². The molecule has 4 heteroatoms. The predicted molar refractivity (Wildman–Crippen MR) is 32.1 cm³/mol. The van der Waals surface area contributed by atoms with Crippen LogP contribution in [0.2, 0.25) is 0 Å². The average Bonchev–Trinajstić information content (AvgIpc) is 2.18. The number of hydrogen-bond donors (Lipinski definition) is 2. The molecule has 0 atom stereocenters. The van der Waals surface area contributed by atoms with Crippen molar-refractivity contribution in [2.24, 2.45) is 0 Å². The second kappa shape index (κ2) is 2.50. The molecule has 0 aliphatic rings. The molecule has 50 valence electrons. The van der Waals surface area contributed by atoms with Gasteiger partial charge in [0.15, 0.2) is 0 Å². The minimum atomic E-state index is -0.163. The van der Waals surface area contributed by atoms with Crippen LogP contribution in [0.3, 0.4) is 0 Å². The normalized spacial score (nSPS) is 9.89. The van der Waals surface area contributed by atoms with Crippen LogP contribution in [-0.2, 0) is 6.54 Å². The highest BCUT2D eigenvalue weighted by Crippen LogP contribution is 1.85. The van der Waals surface area contributed by atoms with Crippen molar-refractivity contribution in [1.29, 1.82) is 0 Å². The summed E-state index contributed by atoms with van der Waals surface area (Å²) < 4.78 is 4.52. The SMILES string of the molecule is CNCc1co[nH]c1=O. The Morgan fingerprint density at radius 2 is 2.67 bits per heavy atom. The molecule has 1 rings (SSSR count). The number of aromatic amines is 1. The maximum absolute atomic E-state index is 10.6. The lowest BCUT2D eigenvalue weighted by molar-refractivity contribution is 0.413. The maximum Gasteiger partial charge on any atom is 0.284 e. The minimum Gasteiger partial charge on any atom is -0.387 e. The summed E-state index contributed by atoms with van der Waals surface area (Å²) in [5.41, 5.74) is 0.460. The fourth-order valence-corrected chi connectivity index (χ4v) is 0.586. The highest BCUT2D eigenvalue weighted by Gasteiger charge is 1.97. The zero-order valence-electron chi connectivity index (χ0n) is 5.10. The molecule has 0 fully saturated rings. The van der Waals surface area contributed by atoms with E-state index in [1.54, 1.807) is 7.05 Å². The number of nitrogens with one attached hydrogen (secondary N) is 2. The van der Waals surface area contributed by atoms with Crippen molar-refractivity contribution in [3.63, 3.8) is 0 Å². The van der Waals surface area contributed by atoms with Gasteiger partial charge in [0, 0.05) is 6.54 Å². The summed E-state index contributed by atoms with van der Waals surface area (Å²) >= 11 is 0. The van der Waals surface area contributed by atoms with Gasteiger partial charge in [-0.25, -0.2) is 0 Å². The van der Waals surface area contributed by atoms with Gasteiger partial charge < -0.3 is 9.84 Å². The topological polar surface area (TPSA) is 58.0 Å². The van der Waals surface area contributed by atoms with E-state index < -0.39 is 0 Å². The van der Waals surface area contributed by atoms with E-state index in [2.05, 4.69) is 15.0 Å². The van der Waals surface area contributed by atoms with Gasteiger partial charge in [0.05, 0.1) is 5.56 Å². The third-order valence-corrected chi connectivity index (χ3v) is 1.01. The smallest absolute Gasteiger partial charge is 0.284 e. The summed E-state index contributed by atoms with van der Waals surface area (Å²) in [7, 11) is 1.77. The molecule has 9 heavy (non-hydrogen) atoms. The van der Waals surface area contributed by atoms with Crippen LogP contribution < -0.4 is 10.9 Å². The van der Waals surface area contributed by atoms with Crippen molar-refractivity contribution in [2.75, 3.05) is 7.05 Å². The van der Waals surface area contributed by atoms with Gasteiger partial charge >= 0.3 is 0 Å². The van der Waals surface area contributed by atoms with Crippen molar-refractivity contribution in [2.45, 2.75) is 6.54 Å². The second-order valence-electron chi connectivity index (χ2n) is 1.72. The first-order valence-electron chi connectivity index (χ1n) is 2.64. The summed E-state index contributed by atoms with van der Waals surface area (Å²) in [5, 5.41) is 5.01. The van der Waals surface area contributed by atoms with Crippen molar-refractivity contribution >= 4 is 0 Å². The predicted octanol–water partition coefficient (Wildman–Crippen LogP) is -0.313. The third kappa shape index (κ3) is 1.20. The first-order valence-corrected chi connectivity index (χ1v) is 2.64. The van der Waals surface area contributed by atoms with Gasteiger partial charge in [-0.1, -0.05) is 0 Å². The van der Waals surface area contributed by atoms with Crippen LogP contribution >= 0.6 is 0 Å². The van der Waals surface area contributed by atoms with E-state index in [-0.39, 0.29) is 5.56 Å². The van der Waals surface area contributed by atoms with Crippen molar-refractivity contribution in [1.82, 2.24) is 10.5 Å². The number of aromatic nitrogens is 1. The Hall–Kier alpha value is -1.03. The molecule has 1 aromatic rings. The summed E-state index contributed by atoms with van der Waals surface area (Å²) in [6.07, 6.45) is 1.40. The molecule has 0 bridgehead atoms. The third-order valence-electron chi connectivity index (χ3n) is 1.01. The lowest BCUT2D eigenvalue weighted by atomic mass is 10.4. The summed E-state index contributed by atoms with van der Waals surface area (Å²) in [4.78, 5) is 10.6. The summed E-state index contributed by atoms with van der Waals surface area (Å²) in [6.45, 7) is 0.547. The summed E-state index contributed by atoms with van der Waals surface area (Å²) in [6, 6.07) is 0. The monoisotopic (exact) mass is 128 g/mol. The standard InChI is InChI=1S/C5H8N2O2/c1-6-2-4-3-9-7-5(4)8/h3,6H,2H2,1H3,(H,7,8). The zero-order valence-corrected chi connectivity index (χ0v) is 5.10. The number of rotatable bonds is 2. The van der Waals surface area contributed by atoms with Crippen LogP contribution in [0.15, 0.2) is 15.6 Å². The van der Waals surface area contributed by atoms with E-state index >= 15 is 0 Å². The van der Waals surface area contributed by atoms with E-state index in [9.17, 15) is 4.79 Å². The molecule has 0 unspecified atom stereocenters. The molecule has 0 amide bonds.